The molecule has 4 heteroatoms. The Morgan fingerprint density at radius 1 is 1.05 bits per heavy atom. The van der Waals surface area contributed by atoms with Gasteiger partial charge in [0.1, 0.15) is 0 Å². The number of carbonyl (C=O) groups excluding carboxylic acids is 1. The van der Waals surface area contributed by atoms with Crippen molar-refractivity contribution in [2.45, 2.75) is 44.9 Å². The van der Waals surface area contributed by atoms with E-state index in [0.29, 0.717) is 0 Å². The second kappa shape index (κ2) is 5.97. The monoisotopic (exact) mass is 284 g/mol. The van der Waals surface area contributed by atoms with E-state index in [-0.39, 0.29) is 12.4 Å². The first-order chi connectivity index (χ1) is 9.66. The number of benzene rings is 1. The van der Waals surface area contributed by atoms with Crippen molar-refractivity contribution >= 4 is 5.97 Å². The number of hydrogen-bond acceptors (Lipinski definition) is 4. The topological polar surface area (TPSA) is 73.9 Å². The molecule has 21 heavy (non-hydrogen) atoms. The normalized spacial score (nSPS) is 11.4. The zero-order chi connectivity index (χ0) is 16.3. The van der Waals surface area contributed by atoms with Gasteiger partial charge in [-0.15, -0.1) is 0 Å². The highest BCUT2D eigenvalue weighted by Gasteiger charge is 2.26. The van der Waals surface area contributed by atoms with Crippen molar-refractivity contribution in [3.8, 4) is 12.1 Å². The highest BCUT2D eigenvalue weighted by molar-refractivity contribution is 5.72. The van der Waals surface area contributed by atoms with Crippen molar-refractivity contribution in [3.63, 3.8) is 0 Å². The molecule has 0 aliphatic heterocycles. The van der Waals surface area contributed by atoms with Gasteiger partial charge in [-0.2, -0.15) is 10.5 Å². The van der Waals surface area contributed by atoms with Crippen LogP contribution in [0, 0.1) is 22.7 Å². The van der Waals surface area contributed by atoms with E-state index in [1.54, 1.807) is 0 Å². The lowest BCUT2D eigenvalue weighted by Crippen LogP contribution is -2.20. The number of nitriles is 2. The van der Waals surface area contributed by atoms with Crippen LogP contribution in [0.1, 0.15) is 44.4 Å². The molecule has 1 aromatic carbocycles. The first kappa shape index (κ1) is 16.7. The Morgan fingerprint density at radius 3 is 1.81 bits per heavy atom. The van der Waals surface area contributed by atoms with E-state index in [2.05, 4.69) is 16.9 Å². The Hall–Kier alpha value is -2.33. The molecule has 0 N–H and O–H groups in total. The van der Waals surface area contributed by atoms with Crippen LogP contribution in [0.25, 0.3) is 0 Å². The lowest BCUT2D eigenvalue weighted by atomic mass is 9.79. The summed E-state index contributed by atoms with van der Waals surface area (Å²) >= 11 is 0. The van der Waals surface area contributed by atoms with E-state index in [1.165, 1.54) is 7.11 Å². The van der Waals surface area contributed by atoms with Gasteiger partial charge in [0, 0.05) is 0 Å². The fraction of sp³-hybridized carbons (Fsp3) is 0.471. The predicted molar refractivity (Wildman–Crippen MR) is 79.4 cm³/mol. The van der Waals surface area contributed by atoms with Gasteiger partial charge in [-0.3, -0.25) is 4.79 Å². The molecule has 0 saturated carbocycles. The Morgan fingerprint density at radius 2 is 1.48 bits per heavy atom. The van der Waals surface area contributed by atoms with Crippen LogP contribution in [0.5, 0.6) is 0 Å². The highest BCUT2D eigenvalue weighted by Crippen LogP contribution is 2.30. The third-order valence-electron chi connectivity index (χ3n) is 3.57. The molecule has 0 atom stereocenters. The molecule has 0 saturated heterocycles. The van der Waals surface area contributed by atoms with Crippen LogP contribution in [-0.2, 0) is 26.8 Å². The average molecular weight is 284 g/mol. The number of carbonyl (C=O) groups is 1. The average Bonchev–Trinajstić information content (AvgIpc) is 2.46. The van der Waals surface area contributed by atoms with Crippen LogP contribution in [0.4, 0.5) is 0 Å². The van der Waals surface area contributed by atoms with Gasteiger partial charge >= 0.3 is 5.97 Å². The molecule has 4 nitrogen and oxygen atoms in total. The quantitative estimate of drug-likeness (QED) is 0.797. The van der Waals surface area contributed by atoms with E-state index in [0.717, 1.165) is 16.7 Å². The number of esters is 1. The highest BCUT2D eigenvalue weighted by atomic mass is 16.5. The van der Waals surface area contributed by atoms with Gasteiger partial charge < -0.3 is 4.74 Å². The maximum absolute atomic E-state index is 11.5. The smallest absolute Gasteiger partial charge is 0.309 e. The van der Waals surface area contributed by atoms with Crippen molar-refractivity contribution in [1.82, 2.24) is 0 Å². The van der Waals surface area contributed by atoms with E-state index in [1.807, 2.05) is 45.9 Å². The van der Waals surface area contributed by atoms with Crippen molar-refractivity contribution in [1.29, 1.82) is 10.5 Å². The number of rotatable bonds is 4. The Bertz CT molecular complexity index is 587. The van der Waals surface area contributed by atoms with E-state index >= 15 is 0 Å². The molecule has 110 valence electrons. The van der Waals surface area contributed by atoms with Crippen molar-refractivity contribution in [3.05, 3.63) is 34.9 Å². The minimum atomic E-state index is -0.688. The summed E-state index contributed by atoms with van der Waals surface area (Å²) in [7, 11) is 1.34. The van der Waals surface area contributed by atoms with Gasteiger partial charge in [0.15, 0.2) is 0 Å². The van der Waals surface area contributed by atoms with E-state index in [9.17, 15) is 15.3 Å². The lowest BCUT2D eigenvalue weighted by Gasteiger charge is -2.23. The van der Waals surface area contributed by atoms with Gasteiger partial charge in [0.05, 0.1) is 36.5 Å². The first-order valence-corrected chi connectivity index (χ1v) is 6.70. The Labute approximate surface area is 126 Å². The molecule has 0 aliphatic rings. The molecule has 0 fully saturated rings. The number of methoxy groups -OCH3 is 1. The minimum Gasteiger partial charge on any atom is -0.469 e. The molecule has 0 unspecified atom stereocenters. The summed E-state index contributed by atoms with van der Waals surface area (Å²) in [5, 5.41) is 18.6. The molecule has 0 radical (unpaired) electrons. The van der Waals surface area contributed by atoms with Crippen LogP contribution in [0.15, 0.2) is 18.2 Å². The number of hydrogen-bond donors (Lipinski definition) is 0. The predicted octanol–water partition coefficient (Wildman–Crippen LogP) is 3.00. The fourth-order valence-corrected chi connectivity index (χ4v) is 1.88. The van der Waals surface area contributed by atoms with E-state index in [4.69, 9.17) is 0 Å². The summed E-state index contributed by atoms with van der Waals surface area (Å²) in [6.07, 6.45) is 0.125. The molecular weight excluding hydrogens is 264 g/mol. The van der Waals surface area contributed by atoms with Gasteiger partial charge in [-0.25, -0.2) is 0 Å². The lowest BCUT2D eigenvalue weighted by molar-refractivity contribution is -0.139. The third kappa shape index (κ3) is 3.83. The molecule has 0 bridgehead atoms. The maximum atomic E-state index is 11.5. The summed E-state index contributed by atoms with van der Waals surface area (Å²) in [5.41, 5.74) is 0.967. The maximum Gasteiger partial charge on any atom is 0.309 e. The molecule has 0 heterocycles. The zero-order valence-corrected chi connectivity index (χ0v) is 13.2. The van der Waals surface area contributed by atoms with Crippen LogP contribution in [0.3, 0.4) is 0 Å². The number of nitrogens with zero attached hydrogens (tertiary/aromatic N) is 2. The second-order valence-corrected chi connectivity index (χ2v) is 6.15. The zero-order valence-electron chi connectivity index (χ0n) is 13.2. The molecule has 1 aromatic rings. The standard InChI is InChI=1S/C17H20N2O2/c1-16(2,10-18)13-6-12(8-15(20)21-5)7-14(9-13)17(3,4)11-19/h6-7,9H,8H2,1-5H3. The SMILES string of the molecule is COC(=O)Cc1cc(C(C)(C)C#N)cc(C(C)(C)C#N)c1. The fourth-order valence-electron chi connectivity index (χ4n) is 1.88. The van der Waals surface area contributed by atoms with Crippen LogP contribution in [0.2, 0.25) is 0 Å². The summed E-state index contributed by atoms with van der Waals surface area (Å²) in [6, 6.07) is 10.0. The summed E-state index contributed by atoms with van der Waals surface area (Å²) in [5.74, 6) is -0.345. The molecule has 1 rings (SSSR count). The summed E-state index contributed by atoms with van der Waals surface area (Å²) in [6.45, 7) is 7.25. The van der Waals surface area contributed by atoms with E-state index < -0.39 is 10.8 Å². The Balaban J connectivity index is 3.45. The number of ether oxygens (including phenoxy) is 1. The largest absolute Gasteiger partial charge is 0.469 e. The first-order valence-electron chi connectivity index (χ1n) is 6.70. The van der Waals surface area contributed by atoms with Crippen molar-refractivity contribution in [2.24, 2.45) is 0 Å². The molecule has 0 aliphatic carbocycles. The van der Waals surface area contributed by atoms with Gasteiger partial charge in [-0.1, -0.05) is 18.2 Å². The van der Waals surface area contributed by atoms with Gasteiger partial charge in [-0.05, 0) is 44.4 Å². The second-order valence-electron chi connectivity index (χ2n) is 6.15. The molecule has 0 amide bonds. The van der Waals surface area contributed by atoms with Crippen molar-refractivity contribution in [2.75, 3.05) is 7.11 Å². The summed E-state index contributed by atoms with van der Waals surface area (Å²) in [4.78, 5) is 11.5. The van der Waals surface area contributed by atoms with Crippen LogP contribution < -0.4 is 0 Å². The van der Waals surface area contributed by atoms with Crippen LogP contribution in [-0.4, -0.2) is 13.1 Å². The molecular formula is C17H20N2O2. The van der Waals surface area contributed by atoms with Crippen LogP contribution >= 0.6 is 0 Å². The Kier molecular flexibility index (Phi) is 4.76. The molecule has 0 spiro atoms. The third-order valence-corrected chi connectivity index (χ3v) is 3.57. The van der Waals surface area contributed by atoms with Gasteiger partial charge in [0.2, 0.25) is 0 Å². The van der Waals surface area contributed by atoms with Gasteiger partial charge in [0.25, 0.3) is 0 Å². The minimum absolute atomic E-state index is 0.125. The molecule has 0 aromatic heterocycles. The summed E-state index contributed by atoms with van der Waals surface area (Å²) < 4.78 is 4.69. The van der Waals surface area contributed by atoms with Crippen molar-refractivity contribution < 1.29 is 9.53 Å².